The highest BCUT2D eigenvalue weighted by Crippen LogP contribution is 2.18. The Labute approximate surface area is 130 Å². The molecule has 1 rings (SSSR count). The molecule has 0 heterocycles. The highest BCUT2D eigenvalue weighted by atomic mass is 79.9. The number of hydrogen-bond acceptors (Lipinski definition) is 3. The van der Waals surface area contributed by atoms with Crippen LogP contribution >= 0.6 is 15.9 Å². The number of carbonyl (C=O) groups excluding carboxylic acids is 1. The Bertz CT molecular complexity index is 419. The molecule has 0 fully saturated rings. The zero-order valence-corrected chi connectivity index (χ0v) is 13.9. The van der Waals surface area contributed by atoms with Gasteiger partial charge in [-0.15, -0.1) is 0 Å². The van der Waals surface area contributed by atoms with Gasteiger partial charge in [0.1, 0.15) is 0 Å². The summed E-state index contributed by atoms with van der Waals surface area (Å²) in [5.41, 5.74) is 0.737. The van der Waals surface area contributed by atoms with Crippen molar-refractivity contribution in [1.29, 1.82) is 0 Å². The molecule has 0 saturated carbocycles. The molecule has 1 N–H and O–H groups in total. The monoisotopic (exact) mass is 341 g/mol. The third kappa shape index (κ3) is 5.00. The van der Waals surface area contributed by atoms with E-state index in [9.17, 15) is 4.79 Å². The third-order valence-corrected chi connectivity index (χ3v) is 4.34. The summed E-state index contributed by atoms with van der Waals surface area (Å²) in [5, 5.41) is 9.17. The molecular formula is C16H24BrNO2. The van der Waals surface area contributed by atoms with Gasteiger partial charge in [-0.2, -0.15) is 0 Å². The van der Waals surface area contributed by atoms with E-state index in [1.54, 1.807) is 0 Å². The maximum Gasteiger partial charge on any atom is 0.165 e. The molecule has 0 spiro atoms. The number of ketones is 1. The van der Waals surface area contributed by atoms with E-state index in [4.69, 9.17) is 5.11 Å². The number of Topliss-reactive ketones (excluding diaryl/α,β-unsaturated/α-hetero) is 1. The second kappa shape index (κ2) is 9.27. The summed E-state index contributed by atoms with van der Waals surface area (Å²) in [6, 6.07) is 7.96. The van der Waals surface area contributed by atoms with Crippen LogP contribution in [0.4, 0.5) is 0 Å². The number of nitrogens with zero attached hydrogens (tertiary/aromatic N) is 1. The van der Waals surface area contributed by atoms with E-state index < -0.39 is 0 Å². The molecule has 0 aliphatic heterocycles. The Morgan fingerprint density at radius 1 is 1.25 bits per heavy atom. The second-order valence-electron chi connectivity index (χ2n) is 4.88. The first-order chi connectivity index (χ1) is 9.63. The Morgan fingerprint density at radius 2 is 1.90 bits per heavy atom. The molecule has 3 nitrogen and oxygen atoms in total. The van der Waals surface area contributed by atoms with Crippen LogP contribution in [0.2, 0.25) is 0 Å². The van der Waals surface area contributed by atoms with Crippen LogP contribution in [0.1, 0.15) is 43.5 Å². The van der Waals surface area contributed by atoms with Crippen molar-refractivity contribution < 1.29 is 9.90 Å². The first kappa shape index (κ1) is 17.3. The normalized spacial score (nSPS) is 11.3. The summed E-state index contributed by atoms with van der Waals surface area (Å²) in [7, 11) is 0. The van der Waals surface area contributed by atoms with Gasteiger partial charge in [-0.25, -0.2) is 0 Å². The van der Waals surface area contributed by atoms with Crippen molar-refractivity contribution in [3.63, 3.8) is 0 Å². The van der Waals surface area contributed by atoms with Crippen molar-refractivity contribution in [2.75, 3.05) is 19.7 Å². The van der Waals surface area contributed by atoms with Crippen molar-refractivity contribution in [2.24, 2.45) is 0 Å². The van der Waals surface area contributed by atoms with Gasteiger partial charge in [0, 0.05) is 35.6 Å². The second-order valence-corrected chi connectivity index (χ2v) is 5.74. The van der Waals surface area contributed by atoms with Gasteiger partial charge in [-0.05, 0) is 18.9 Å². The molecule has 112 valence electrons. The average molecular weight is 342 g/mol. The van der Waals surface area contributed by atoms with E-state index in [1.165, 1.54) is 0 Å². The molecule has 0 aromatic heterocycles. The Morgan fingerprint density at radius 3 is 2.45 bits per heavy atom. The summed E-state index contributed by atoms with van der Waals surface area (Å²) in [4.78, 5) is 14.5. The smallest absolute Gasteiger partial charge is 0.165 e. The van der Waals surface area contributed by atoms with Gasteiger partial charge >= 0.3 is 0 Å². The van der Waals surface area contributed by atoms with Gasteiger partial charge in [0.2, 0.25) is 0 Å². The lowest BCUT2D eigenvalue weighted by molar-refractivity contribution is 0.0926. The van der Waals surface area contributed by atoms with Crippen LogP contribution in [-0.4, -0.2) is 41.5 Å². The summed E-state index contributed by atoms with van der Waals surface area (Å²) in [6.45, 7) is 5.77. The van der Waals surface area contributed by atoms with Crippen LogP contribution in [0.3, 0.4) is 0 Å². The van der Waals surface area contributed by atoms with Gasteiger partial charge in [0.15, 0.2) is 5.78 Å². The fourth-order valence-corrected chi connectivity index (χ4v) is 2.98. The third-order valence-electron chi connectivity index (χ3n) is 3.65. The minimum absolute atomic E-state index is 0.139. The van der Waals surface area contributed by atoms with E-state index in [-0.39, 0.29) is 12.4 Å². The highest BCUT2D eigenvalue weighted by Gasteiger charge is 2.17. The number of hydrogen-bond donors (Lipinski definition) is 1. The van der Waals surface area contributed by atoms with Crippen molar-refractivity contribution in [2.45, 2.75) is 39.2 Å². The topological polar surface area (TPSA) is 40.5 Å². The largest absolute Gasteiger partial charge is 0.395 e. The summed E-state index contributed by atoms with van der Waals surface area (Å²) < 4.78 is 0.848. The number of aliphatic hydroxyl groups excluding tert-OH is 1. The lowest BCUT2D eigenvalue weighted by Crippen LogP contribution is -2.38. The number of benzene rings is 1. The minimum atomic E-state index is 0.139. The Hall–Kier alpha value is -0.710. The van der Waals surface area contributed by atoms with Crippen molar-refractivity contribution in [1.82, 2.24) is 4.90 Å². The maximum absolute atomic E-state index is 12.3. The van der Waals surface area contributed by atoms with E-state index >= 15 is 0 Å². The summed E-state index contributed by atoms with van der Waals surface area (Å²) >= 11 is 3.42. The van der Waals surface area contributed by atoms with E-state index in [0.717, 1.165) is 22.9 Å². The molecule has 1 aromatic rings. The van der Waals surface area contributed by atoms with E-state index in [2.05, 4.69) is 34.7 Å². The van der Waals surface area contributed by atoms with Crippen LogP contribution < -0.4 is 0 Å². The number of rotatable bonds is 9. The molecule has 0 aliphatic rings. The molecule has 0 radical (unpaired) electrons. The molecular weight excluding hydrogens is 318 g/mol. The predicted octanol–water partition coefficient (Wildman–Crippen LogP) is 3.50. The number of aliphatic hydroxyl groups is 1. The summed E-state index contributed by atoms with van der Waals surface area (Å²) in [6.07, 6.45) is 2.57. The van der Waals surface area contributed by atoms with Crippen molar-refractivity contribution >= 4 is 21.7 Å². The molecule has 0 bridgehead atoms. The molecule has 0 amide bonds. The fourth-order valence-electron chi connectivity index (χ4n) is 2.48. The van der Waals surface area contributed by atoms with Gasteiger partial charge in [0.05, 0.1) is 6.61 Å². The van der Waals surface area contributed by atoms with Gasteiger partial charge in [-0.3, -0.25) is 9.69 Å². The SMILES string of the molecule is CCC(CC)N(CCO)CCC(=O)c1ccccc1Br. The van der Waals surface area contributed by atoms with Crippen LogP contribution in [0, 0.1) is 0 Å². The Balaban J connectivity index is 2.63. The van der Waals surface area contributed by atoms with Crippen LogP contribution in [0.5, 0.6) is 0 Å². The fraction of sp³-hybridized carbons (Fsp3) is 0.562. The summed E-state index contributed by atoms with van der Waals surface area (Å²) in [5.74, 6) is 0.145. The van der Waals surface area contributed by atoms with Crippen LogP contribution in [0.25, 0.3) is 0 Å². The van der Waals surface area contributed by atoms with Gasteiger partial charge < -0.3 is 5.11 Å². The highest BCUT2D eigenvalue weighted by molar-refractivity contribution is 9.10. The molecule has 0 saturated heterocycles. The van der Waals surface area contributed by atoms with E-state index in [0.29, 0.717) is 25.6 Å². The molecule has 4 heteroatoms. The van der Waals surface area contributed by atoms with Crippen LogP contribution in [-0.2, 0) is 0 Å². The zero-order chi connectivity index (χ0) is 15.0. The first-order valence-electron chi connectivity index (χ1n) is 7.26. The lowest BCUT2D eigenvalue weighted by atomic mass is 10.1. The van der Waals surface area contributed by atoms with Crippen LogP contribution in [0.15, 0.2) is 28.7 Å². The average Bonchev–Trinajstić information content (AvgIpc) is 2.46. The van der Waals surface area contributed by atoms with E-state index in [1.807, 2.05) is 24.3 Å². The standard InChI is InChI=1S/C16H24BrNO2/c1-3-13(4-2)18(11-12-19)10-9-16(20)14-7-5-6-8-15(14)17/h5-8,13,19H,3-4,9-12H2,1-2H3. The molecule has 1 aromatic carbocycles. The minimum Gasteiger partial charge on any atom is -0.395 e. The molecule has 0 unspecified atom stereocenters. The number of halogens is 1. The van der Waals surface area contributed by atoms with Gasteiger partial charge in [0.25, 0.3) is 0 Å². The molecule has 20 heavy (non-hydrogen) atoms. The Kier molecular flexibility index (Phi) is 8.04. The van der Waals surface area contributed by atoms with Crippen molar-refractivity contribution in [3.8, 4) is 0 Å². The lowest BCUT2D eigenvalue weighted by Gasteiger charge is -2.29. The van der Waals surface area contributed by atoms with Crippen molar-refractivity contribution in [3.05, 3.63) is 34.3 Å². The molecule has 0 atom stereocenters. The van der Waals surface area contributed by atoms with Gasteiger partial charge in [-0.1, -0.05) is 48.0 Å². The number of carbonyl (C=O) groups is 1. The quantitative estimate of drug-likeness (QED) is 0.698. The molecule has 0 aliphatic carbocycles. The first-order valence-corrected chi connectivity index (χ1v) is 8.05. The zero-order valence-electron chi connectivity index (χ0n) is 12.3. The maximum atomic E-state index is 12.3. The predicted molar refractivity (Wildman–Crippen MR) is 86.1 cm³/mol.